The number of carbonyl (C=O) groups excluding carboxylic acids is 2. The van der Waals surface area contributed by atoms with Crippen LogP contribution in [-0.4, -0.2) is 41.6 Å². The van der Waals surface area contributed by atoms with Crippen molar-refractivity contribution in [3.8, 4) is 5.75 Å². The summed E-state index contributed by atoms with van der Waals surface area (Å²) in [5.74, 6) is -3.48. The average molecular weight is 374 g/mol. The van der Waals surface area contributed by atoms with Crippen molar-refractivity contribution in [2.45, 2.75) is 44.4 Å². The van der Waals surface area contributed by atoms with Gasteiger partial charge in [0.1, 0.15) is 6.61 Å². The van der Waals surface area contributed by atoms with E-state index in [1.165, 1.54) is 6.07 Å². The number of carbonyl (C=O) groups is 2. The summed E-state index contributed by atoms with van der Waals surface area (Å²) in [6.45, 7) is 1.61. The fourth-order valence-corrected chi connectivity index (χ4v) is 3.70. The summed E-state index contributed by atoms with van der Waals surface area (Å²) in [5.41, 5.74) is 5.35. The molecule has 0 bridgehead atoms. The van der Waals surface area contributed by atoms with Gasteiger partial charge in [-0.1, -0.05) is 6.92 Å². The van der Waals surface area contributed by atoms with Gasteiger partial charge in [-0.05, 0) is 30.9 Å². The molecule has 0 radical (unpaired) electrons. The molecule has 1 aromatic carbocycles. The van der Waals surface area contributed by atoms with Gasteiger partial charge in [0.15, 0.2) is 11.6 Å². The van der Waals surface area contributed by atoms with Crippen molar-refractivity contribution in [2.75, 3.05) is 6.61 Å². The molecule has 1 atom stereocenters. The Balaban J connectivity index is 1.95. The van der Waals surface area contributed by atoms with Gasteiger partial charge >= 0.3 is 12.1 Å². The normalized spacial score (nSPS) is 24.9. The molecular weight excluding hydrogens is 356 g/mol. The Morgan fingerprint density at radius 1 is 1.23 bits per heavy atom. The fourth-order valence-electron chi connectivity index (χ4n) is 3.70. The van der Waals surface area contributed by atoms with E-state index in [1.54, 1.807) is 0 Å². The summed E-state index contributed by atoms with van der Waals surface area (Å²) in [4.78, 5) is 24.4. The van der Waals surface area contributed by atoms with Crippen LogP contribution in [0.4, 0.5) is 17.6 Å². The lowest BCUT2D eigenvalue weighted by Gasteiger charge is -2.46. The molecule has 1 saturated carbocycles. The highest BCUT2D eigenvalue weighted by molar-refractivity contribution is 5.95. The second kappa shape index (κ2) is 6.44. The number of fused-ring (bicyclic) bond motifs is 1. The zero-order valence-corrected chi connectivity index (χ0v) is 14.0. The minimum atomic E-state index is -5.02. The standard InChI is InChI=1S/C17H18F4N2O3/c1-8-4-9(5-8)23(16(25)17(19,20)21)10-6-12-11(15(22)24)2-3-13(18)14(12)26-7-10/h2-3,8-10H,4-7H2,1H3,(H2,22,24)/t8?,9?,10-/m1/s1. The zero-order valence-electron chi connectivity index (χ0n) is 14.0. The van der Waals surface area contributed by atoms with Gasteiger partial charge in [-0.25, -0.2) is 4.39 Å². The van der Waals surface area contributed by atoms with Crippen LogP contribution in [0.3, 0.4) is 0 Å². The van der Waals surface area contributed by atoms with Crippen LogP contribution in [0.15, 0.2) is 12.1 Å². The summed E-state index contributed by atoms with van der Waals surface area (Å²) in [6, 6.07) is 0.684. The maximum absolute atomic E-state index is 13.9. The van der Waals surface area contributed by atoms with Crippen LogP contribution in [0.2, 0.25) is 0 Å². The second-order valence-corrected chi connectivity index (χ2v) is 6.88. The minimum absolute atomic E-state index is 0.0208. The molecule has 0 saturated heterocycles. The minimum Gasteiger partial charge on any atom is -0.488 e. The number of hydrogen-bond donors (Lipinski definition) is 1. The Morgan fingerprint density at radius 3 is 2.42 bits per heavy atom. The van der Waals surface area contributed by atoms with Gasteiger partial charge in [0.05, 0.1) is 6.04 Å². The summed E-state index contributed by atoms with van der Waals surface area (Å²) in [6.07, 6.45) is -4.24. The highest BCUT2D eigenvalue weighted by atomic mass is 19.4. The number of halogens is 4. The molecule has 1 aromatic rings. The van der Waals surface area contributed by atoms with Gasteiger partial charge in [-0.2, -0.15) is 13.2 Å². The van der Waals surface area contributed by atoms with E-state index in [0.29, 0.717) is 12.8 Å². The first-order valence-electron chi connectivity index (χ1n) is 8.23. The summed E-state index contributed by atoms with van der Waals surface area (Å²) in [7, 11) is 0. The van der Waals surface area contributed by atoms with Crippen molar-refractivity contribution >= 4 is 11.8 Å². The van der Waals surface area contributed by atoms with Gasteiger partial charge in [0.2, 0.25) is 5.91 Å². The number of hydrogen-bond acceptors (Lipinski definition) is 3. The number of nitrogens with two attached hydrogens (primary N) is 1. The molecule has 2 N–H and O–H groups in total. The lowest BCUT2D eigenvalue weighted by Crippen LogP contribution is -2.59. The number of ether oxygens (including phenoxy) is 1. The summed E-state index contributed by atoms with van der Waals surface area (Å²) in [5, 5.41) is 0. The van der Waals surface area contributed by atoms with Crippen molar-refractivity contribution < 1.29 is 31.9 Å². The first-order valence-corrected chi connectivity index (χ1v) is 8.23. The molecule has 2 aliphatic rings. The molecular formula is C17H18F4N2O3. The average Bonchev–Trinajstić information content (AvgIpc) is 2.52. The summed E-state index contributed by atoms with van der Waals surface area (Å²) >= 11 is 0. The van der Waals surface area contributed by atoms with Gasteiger partial charge in [0, 0.05) is 23.6 Å². The van der Waals surface area contributed by atoms with E-state index in [0.717, 1.165) is 11.0 Å². The topological polar surface area (TPSA) is 72.6 Å². The van der Waals surface area contributed by atoms with Crippen LogP contribution < -0.4 is 10.5 Å². The maximum Gasteiger partial charge on any atom is 0.471 e. The first kappa shape index (κ1) is 18.5. The van der Waals surface area contributed by atoms with Crippen LogP contribution in [0.25, 0.3) is 0 Å². The Morgan fingerprint density at radius 2 is 1.88 bits per heavy atom. The smallest absolute Gasteiger partial charge is 0.471 e. The molecule has 142 valence electrons. The second-order valence-electron chi connectivity index (χ2n) is 6.88. The Bertz CT molecular complexity index is 744. The van der Waals surface area contributed by atoms with Crippen molar-refractivity contribution in [1.29, 1.82) is 0 Å². The molecule has 1 fully saturated rings. The van der Waals surface area contributed by atoms with Crippen LogP contribution >= 0.6 is 0 Å². The van der Waals surface area contributed by atoms with Crippen molar-refractivity contribution in [1.82, 2.24) is 4.90 Å². The molecule has 0 unspecified atom stereocenters. The first-order chi connectivity index (χ1) is 12.1. The van der Waals surface area contributed by atoms with Crippen molar-refractivity contribution in [2.24, 2.45) is 11.7 Å². The van der Waals surface area contributed by atoms with Crippen molar-refractivity contribution in [3.05, 3.63) is 29.1 Å². The number of benzene rings is 1. The monoisotopic (exact) mass is 374 g/mol. The predicted molar refractivity (Wildman–Crippen MR) is 83.0 cm³/mol. The highest BCUT2D eigenvalue weighted by Crippen LogP contribution is 2.38. The van der Waals surface area contributed by atoms with E-state index in [4.69, 9.17) is 10.5 Å². The molecule has 5 nitrogen and oxygen atoms in total. The third-order valence-electron chi connectivity index (χ3n) is 4.95. The Kier molecular flexibility index (Phi) is 4.58. The molecule has 2 amide bonds. The lowest BCUT2D eigenvalue weighted by molar-refractivity contribution is -0.194. The number of amides is 2. The number of alkyl halides is 3. The zero-order chi connectivity index (χ0) is 19.2. The van der Waals surface area contributed by atoms with E-state index < -0.39 is 35.9 Å². The third kappa shape index (κ3) is 3.22. The van der Waals surface area contributed by atoms with Gasteiger partial charge in [-0.3, -0.25) is 9.59 Å². The van der Waals surface area contributed by atoms with Crippen molar-refractivity contribution in [3.63, 3.8) is 0 Å². The van der Waals surface area contributed by atoms with Crippen LogP contribution in [-0.2, 0) is 11.2 Å². The molecule has 1 aliphatic heterocycles. The lowest BCUT2D eigenvalue weighted by atomic mass is 9.79. The molecule has 1 heterocycles. The molecule has 9 heteroatoms. The number of rotatable bonds is 3. The maximum atomic E-state index is 13.9. The third-order valence-corrected chi connectivity index (χ3v) is 4.95. The molecule has 1 aliphatic carbocycles. The summed E-state index contributed by atoms with van der Waals surface area (Å²) < 4.78 is 58.5. The van der Waals surface area contributed by atoms with E-state index in [-0.39, 0.29) is 35.8 Å². The Hall–Kier alpha value is -2.32. The molecule has 3 rings (SSSR count). The van der Waals surface area contributed by atoms with E-state index in [9.17, 15) is 27.2 Å². The quantitative estimate of drug-likeness (QED) is 0.826. The van der Waals surface area contributed by atoms with Gasteiger partial charge < -0.3 is 15.4 Å². The van der Waals surface area contributed by atoms with Gasteiger partial charge in [-0.15, -0.1) is 0 Å². The predicted octanol–water partition coefficient (Wildman–Crippen LogP) is 2.42. The van der Waals surface area contributed by atoms with Gasteiger partial charge in [0.25, 0.3) is 0 Å². The van der Waals surface area contributed by atoms with E-state index in [1.807, 2.05) is 6.92 Å². The van der Waals surface area contributed by atoms with Crippen LogP contribution in [0.1, 0.15) is 35.7 Å². The largest absolute Gasteiger partial charge is 0.488 e. The molecule has 0 spiro atoms. The fraction of sp³-hybridized carbons (Fsp3) is 0.529. The number of nitrogens with zero attached hydrogens (tertiary/aromatic N) is 1. The number of primary amides is 1. The SMILES string of the molecule is CC1CC(N(C(=O)C(F)(F)F)[C@H]2COc3c(F)ccc(C(N)=O)c3C2)C1. The molecule has 26 heavy (non-hydrogen) atoms. The Labute approximate surface area is 147 Å². The van der Waals surface area contributed by atoms with E-state index >= 15 is 0 Å². The van der Waals surface area contributed by atoms with E-state index in [2.05, 4.69) is 0 Å². The highest BCUT2D eigenvalue weighted by Gasteiger charge is 2.50. The molecule has 0 aromatic heterocycles. The van der Waals surface area contributed by atoms with Crippen LogP contribution in [0.5, 0.6) is 5.75 Å². The van der Waals surface area contributed by atoms with Crippen LogP contribution in [0, 0.1) is 11.7 Å².